The van der Waals surface area contributed by atoms with E-state index in [1.54, 1.807) is 23.9 Å². The summed E-state index contributed by atoms with van der Waals surface area (Å²) in [6.45, 7) is 5.11. The van der Waals surface area contributed by atoms with Crippen LogP contribution >= 0.6 is 11.8 Å². The van der Waals surface area contributed by atoms with Crippen molar-refractivity contribution in [3.63, 3.8) is 0 Å². The zero-order valence-corrected chi connectivity index (χ0v) is 13.6. The van der Waals surface area contributed by atoms with Gasteiger partial charge in [0.1, 0.15) is 11.6 Å². The standard InChI is InChI=1S/C17H18N4OS/c1-2-8-21-16(14-6-7-14)19-20-17(21)23-10-9-22-15-5-3-4-13(11-15)12-18/h2-5,11,14H,1,6-10H2. The molecule has 6 heteroatoms. The van der Waals surface area contributed by atoms with Crippen LogP contribution in [0.5, 0.6) is 5.75 Å². The van der Waals surface area contributed by atoms with Gasteiger partial charge in [-0.15, -0.1) is 16.8 Å². The first-order valence-corrected chi connectivity index (χ1v) is 8.60. The van der Waals surface area contributed by atoms with Crippen molar-refractivity contribution in [3.05, 3.63) is 48.3 Å². The minimum Gasteiger partial charge on any atom is -0.493 e. The van der Waals surface area contributed by atoms with Gasteiger partial charge < -0.3 is 9.30 Å². The predicted molar refractivity (Wildman–Crippen MR) is 89.6 cm³/mol. The van der Waals surface area contributed by atoms with Gasteiger partial charge in [0.2, 0.25) is 0 Å². The molecule has 1 saturated carbocycles. The van der Waals surface area contributed by atoms with E-state index < -0.39 is 0 Å². The maximum atomic E-state index is 8.88. The Hall–Kier alpha value is -2.26. The molecule has 1 aromatic heterocycles. The molecule has 0 saturated heterocycles. The lowest BCUT2D eigenvalue weighted by Gasteiger charge is -2.08. The van der Waals surface area contributed by atoms with Gasteiger partial charge in [-0.2, -0.15) is 5.26 Å². The summed E-state index contributed by atoms with van der Waals surface area (Å²) in [7, 11) is 0. The lowest BCUT2D eigenvalue weighted by Crippen LogP contribution is -2.05. The number of ether oxygens (including phenoxy) is 1. The van der Waals surface area contributed by atoms with Gasteiger partial charge in [0, 0.05) is 18.2 Å². The average molecular weight is 326 g/mol. The van der Waals surface area contributed by atoms with Crippen molar-refractivity contribution in [2.24, 2.45) is 0 Å². The van der Waals surface area contributed by atoms with Crippen LogP contribution in [0.2, 0.25) is 0 Å². The third-order valence-electron chi connectivity index (χ3n) is 3.55. The Bertz CT molecular complexity index is 730. The summed E-state index contributed by atoms with van der Waals surface area (Å²) in [6, 6.07) is 9.30. The van der Waals surface area contributed by atoms with Crippen LogP contribution in [0.4, 0.5) is 0 Å². The normalized spacial score (nSPS) is 13.5. The van der Waals surface area contributed by atoms with Crippen molar-refractivity contribution < 1.29 is 4.74 Å². The number of hydrogen-bond donors (Lipinski definition) is 0. The van der Waals surface area contributed by atoms with E-state index in [0.29, 0.717) is 18.1 Å². The van der Waals surface area contributed by atoms with E-state index in [9.17, 15) is 0 Å². The zero-order chi connectivity index (χ0) is 16.1. The summed E-state index contributed by atoms with van der Waals surface area (Å²) in [5, 5.41) is 18.4. The second-order valence-electron chi connectivity index (χ2n) is 5.35. The third kappa shape index (κ3) is 3.93. The fourth-order valence-corrected chi connectivity index (χ4v) is 3.07. The molecule has 0 N–H and O–H groups in total. The summed E-state index contributed by atoms with van der Waals surface area (Å²) < 4.78 is 7.83. The van der Waals surface area contributed by atoms with Gasteiger partial charge in [0.05, 0.1) is 18.2 Å². The molecule has 0 bridgehead atoms. The van der Waals surface area contributed by atoms with Crippen molar-refractivity contribution in [3.8, 4) is 11.8 Å². The molecule has 1 aliphatic carbocycles. The van der Waals surface area contributed by atoms with E-state index in [4.69, 9.17) is 10.00 Å². The number of allylic oxidation sites excluding steroid dienone is 1. The molecule has 0 atom stereocenters. The first kappa shape index (κ1) is 15.6. The number of hydrogen-bond acceptors (Lipinski definition) is 5. The fraction of sp³-hybridized carbons (Fsp3) is 0.353. The van der Waals surface area contributed by atoms with Gasteiger partial charge in [-0.1, -0.05) is 23.9 Å². The van der Waals surface area contributed by atoms with Crippen molar-refractivity contribution in [2.75, 3.05) is 12.4 Å². The predicted octanol–water partition coefficient (Wildman–Crippen LogP) is 3.38. The molecule has 5 nitrogen and oxygen atoms in total. The summed E-state index contributed by atoms with van der Waals surface area (Å²) in [5.41, 5.74) is 0.606. The number of aromatic nitrogens is 3. The molecule has 0 unspecified atom stereocenters. The fourth-order valence-electron chi connectivity index (χ4n) is 2.30. The van der Waals surface area contributed by atoms with Gasteiger partial charge in [-0.25, -0.2) is 0 Å². The van der Waals surface area contributed by atoms with Crippen LogP contribution in [0.15, 0.2) is 42.1 Å². The number of rotatable bonds is 8. The third-order valence-corrected chi connectivity index (χ3v) is 4.48. The minimum absolute atomic E-state index is 0.555. The molecule has 0 amide bonds. The largest absolute Gasteiger partial charge is 0.493 e. The van der Waals surface area contributed by atoms with E-state index in [2.05, 4.69) is 27.4 Å². The number of nitrogens with zero attached hydrogens (tertiary/aromatic N) is 4. The number of nitriles is 1. The Morgan fingerprint density at radius 2 is 2.30 bits per heavy atom. The monoisotopic (exact) mass is 326 g/mol. The van der Waals surface area contributed by atoms with Crippen molar-refractivity contribution in [2.45, 2.75) is 30.5 Å². The highest BCUT2D eigenvalue weighted by molar-refractivity contribution is 7.99. The van der Waals surface area contributed by atoms with Crippen LogP contribution in [0.1, 0.15) is 30.1 Å². The van der Waals surface area contributed by atoms with Crippen LogP contribution < -0.4 is 4.74 Å². The van der Waals surface area contributed by atoms with E-state index in [0.717, 1.165) is 29.0 Å². The van der Waals surface area contributed by atoms with Crippen molar-refractivity contribution >= 4 is 11.8 Å². The zero-order valence-electron chi connectivity index (χ0n) is 12.8. The topological polar surface area (TPSA) is 63.7 Å². The second kappa shape index (κ2) is 7.34. The van der Waals surface area contributed by atoms with E-state index in [-0.39, 0.29) is 0 Å². The molecule has 0 aliphatic heterocycles. The Labute approximate surface area is 140 Å². The summed E-state index contributed by atoms with van der Waals surface area (Å²) in [4.78, 5) is 0. The Morgan fingerprint density at radius 3 is 3.04 bits per heavy atom. The van der Waals surface area contributed by atoms with Crippen LogP contribution in [-0.4, -0.2) is 27.1 Å². The van der Waals surface area contributed by atoms with Crippen molar-refractivity contribution in [1.29, 1.82) is 5.26 Å². The van der Waals surface area contributed by atoms with Gasteiger partial charge in [-0.05, 0) is 31.0 Å². The highest BCUT2D eigenvalue weighted by atomic mass is 32.2. The van der Waals surface area contributed by atoms with Crippen LogP contribution in [0, 0.1) is 11.3 Å². The molecule has 1 heterocycles. The van der Waals surface area contributed by atoms with E-state index in [1.807, 2.05) is 18.2 Å². The van der Waals surface area contributed by atoms with Crippen LogP contribution in [0.3, 0.4) is 0 Å². The SMILES string of the molecule is C=CCn1c(SCCOc2cccc(C#N)c2)nnc1C1CC1. The van der Waals surface area contributed by atoms with Gasteiger partial charge in [0.15, 0.2) is 5.16 Å². The minimum atomic E-state index is 0.555. The Balaban J connectivity index is 1.54. The molecule has 23 heavy (non-hydrogen) atoms. The molecule has 0 radical (unpaired) electrons. The van der Waals surface area contributed by atoms with Gasteiger partial charge in [-0.3, -0.25) is 0 Å². The highest BCUT2D eigenvalue weighted by Gasteiger charge is 2.30. The lowest BCUT2D eigenvalue weighted by atomic mass is 10.2. The van der Waals surface area contributed by atoms with E-state index >= 15 is 0 Å². The maximum absolute atomic E-state index is 8.88. The first-order chi connectivity index (χ1) is 11.3. The highest BCUT2D eigenvalue weighted by Crippen LogP contribution is 2.40. The Kier molecular flexibility index (Phi) is 4.99. The molecular formula is C17H18N4OS. The first-order valence-electron chi connectivity index (χ1n) is 7.61. The smallest absolute Gasteiger partial charge is 0.191 e. The van der Waals surface area contributed by atoms with Crippen molar-refractivity contribution in [1.82, 2.24) is 14.8 Å². The number of thioether (sulfide) groups is 1. The molecule has 1 aromatic carbocycles. The maximum Gasteiger partial charge on any atom is 0.191 e. The molecule has 3 rings (SSSR count). The number of benzene rings is 1. The summed E-state index contributed by atoms with van der Waals surface area (Å²) in [6.07, 6.45) is 4.29. The van der Waals surface area contributed by atoms with E-state index in [1.165, 1.54) is 12.8 Å². The molecule has 1 aliphatic rings. The lowest BCUT2D eigenvalue weighted by molar-refractivity contribution is 0.343. The molecular weight excluding hydrogens is 308 g/mol. The average Bonchev–Trinajstić information content (AvgIpc) is 3.35. The van der Waals surface area contributed by atoms with Crippen LogP contribution in [0.25, 0.3) is 0 Å². The molecule has 2 aromatic rings. The molecule has 0 spiro atoms. The van der Waals surface area contributed by atoms with Gasteiger partial charge in [0.25, 0.3) is 0 Å². The summed E-state index contributed by atoms with van der Waals surface area (Å²) in [5.74, 6) is 3.14. The quantitative estimate of drug-likeness (QED) is 0.423. The van der Waals surface area contributed by atoms with Crippen LogP contribution in [-0.2, 0) is 6.54 Å². The van der Waals surface area contributed by atoms with Gasteiger partial charge >= 0.3 is 0 Å². The molecule has 118 valence electrons. The Morgan fingerprint density at radius 1 is 1.43 bits per heavy atom. The summed E-state index contributed by atoms with van der Waals surface area (Å²) >= 11 is 1.63. The molecule has 1 fully saturated rings. The second-order valence-corrected chi connectivity index (χ2v) is 6.41.